The van der Waals surface area contributed by atoms with Crippen LogP contribution in [0, 0.1) is 34.0 Å². The molecule has 2 bridgehead atoms. The number of hydrogen-bond donors (Lipinski definition) is 10. The van der Waals surface area contributed by atoms with E-state index in [0.29, 0.717) is 19.3 Å². The molecule has 0 aromatic carbocycles. The summed E-state index contributed by atoms with van der Waals surface area (Å²) in [7, 11) is 0. The van der Waals surface area contributed by atoms with Gasteiger partial charge in [-0.1, -0.05) is 25.5 Å². The van der Waals surface area contributed by atoms with Gasteiger partial charge in [0.25, 0.3) is 0 Å². The molecule has 1 spiro atoms. The van der Waals surface area contributed by atoms with Crippen LogP contribution in [0.25, 0.3) is 0 Å². The number of rotatable bonds is 9. The first-order valence-electron chi connectivity index (χ1n) is 19.2. The summed E-state index contributed by atoms with van der Waals surface area (Å²) >= 11 is 0. The number of ether oxygens (including phenoxy) is 6. The van der Waals surface area contributed by atoms with Gasteiger partial charge in [0.05, 0.1) is 37.9 Å². The minimum absolute atomic E-state index is 0.0262. The Morgan fingerprint density at radius 3 is 2.19 bits per heavy atom. The van der Waals surface area contributed by atoms with Crippen molar-refractivity contribution < 1.29 is 84.3 Å². The molecule has 0 aromatic rings. The van der Waals surface area contributed by atoms with Crippen LogP contribution in [0.4, 0.5) is 0 Å². The van der Waals surface area contributed by atoms with Crippen LogP contribution < -0.4 is 0 Å². The summed E-state index contributed by atoms with van der Waals surface area (Å²) in [5.41, 5.74) is -2.40. The van der Waals surface area contributed by atoms with Crippen molar-refractivity contribution in [3.63, 3.8) is 0 Å². The lowest BCUT2D eigenvalue weighted by atomic mass is 9.41. The van der Waals surface area contributed by atoms with Gasteiger partial charge in [-0.05, 0) is 74.5 Å². The van der Waals surface area contributed by atoms with Gasteiger partial charge >= 0.3 is 5.97 Å². The van der Waals surface area contributed by atoms with Crippen molar-refractivity contribution in [3.8, 4) is 0 Å². The summed E-state index contributed by atoms with van der Waals surface area (Å²) in [5, 5.41) is 104. The molecule has 17 nitrogen and oxygen atoms in total. The van der Waals surface area contributed by atoms with Gasteiger partial charge in [-0.3, -0.25) is 4.79 Å². The van der Waals surface area contributed by atoms with E-state index in [1.54, 1.807) is 0 Å². The molecule has 0 unspecified atom stereocenters. The van der Waals surface area contributed by atoms with Crippen molar-refractivity contribution in [2.24, 2.45) is 34.0 Å². The molecule has 7 fully saturated rings. The molecule has 0 amide bonds. The van der Waals surface area contributed by atoms with E-state index < -0.39 is 123 Å². The zero-order chi connectivity index (χ0) is 39.1. The highest BCUT2D eigenvalue weighted by atomic mass is 16.7. The lowest BCUT2D eigenvalue weighted by molar-refractivity contribution is -0.320. The van der Waals surface area contributed by atoms with Crippen LogP contribution in [0.5, 0.6) is 0 Å². The molecule has 3 aliphatic heterocycles. The van der Waals surface area contributed by atoms with E-state index in [4.69, 9.17) is 28.4 Å². The SMILES string of the molecule is C=C1C[C@@]23CC[C@H]4[C@@](C)(CCC[C@@]4(C)C(=O)O[C@@H]4O[C@H](CO[C@@H]5OC[C@](O)(CO)[C@H]5O)[C@@H](O)[C@H](O)[C@H]4O)[C@@H]2C[C@@H](O[C@@H]2O[C@H](CO)[C@@H](O)[C@H](O)[C@H]2O)[C@@H]1C3. The van der Waals surface area contributed by atoms with Crippen LogP contribution in [-0.2, 0) is 33.2 Å². The molecule has 7 rings (SSSR count). The second-order valence-corrected chi connectivity index (χ2v) is 17.7. The van der Waals surface area contributed by atoms with Crippen LogP contribution in [0.1, 0.15) is 65.2 Å². The molecule has 10 N–H and O–H groups in total. The summed E-state index contributed by atoms with van der Waals surface area (Å²) in [4.78, 5) is 14.3. The second kappa shape index (κ2) is 14.8. The van der Waals surface area contributed by atoms with E-state index in [9.17, 15) is 55.9 Å². The second-order valence-electron chi connectivity index (χ2n) is 17.7. The summed E-state index contributed by atoms with van der Waals surface area (Å²) in [6, 6.07) is 0. The fourth-order valence-electron chi connectivity index (χ4n) is 11.6. The maximum atomic E-state index is 14.3. The maximum absolute atomic E-state index is 14.3. The monoisotopic (exact) mass is 774 g/mol. The fourth-order valence-corrected chi connectivity index (χ4v) is 11.6. The number of aliphatic hydroxyl groups excluding tert-OH is 9. The lowest BCUT2D eigenvalue weighted by Crippen LogP contribution is -2.63. The molecular weight excluding hydrogens is 716 g/mol. The maximum Gasteiger partial charge on any atom is 0.314 e. The number of esters is 1. The third kappa shape index (κ3) is 6.48. The average molecular weight is 775 g/mol. The summed E-state index contributed by atoms with van der Waals surface area (Å²) in [5.74, 6) is -0.750. The Morgan fingerprint density at radius 2 is 1.52 bits per heavy atom. The Labute approximate surface area is 313 Å². The van der Waals surface area contributed by atoms with Crippen molar-refractivity contribution in [1.82, 2.24) is 0 Å². The number of hydrogen-bond acceptors (Lipinski definition) is 17. The number of aliphatic hydroxyl groups is 10. The zero-order valence-electron chi connectivity index (χ0n) is 30.8. The van der Waals surface area contributed by atoms with Gasteiger partial charge in [-0.15, -0.1) is 0 Å². The smallest absolute Gasteiger partial charge is 0.314 e. The summed E-state index contributed by atoms with van der Waals surface area (Å²) in [6.45, 7) is 6.23. The molecule has 3 heterocycles. The van der Waals surface area contributed by atoms with Crippen LogP contribution >= 0.6 is 0 Å². The standard InChI is InChI=1S/C37H58O17/c1-16-10-36-8-5-21-34(2,22(36)9-18(17(16)11-36)51-30-27(44)25(42)23(40)19(12-38)52-30)6-4-7-35(21,3)33(47)54-31-28(45)26(43)24(41)20(53-31)13-49-32-29(46)37(48,14-39)15-50-32/h17-32,38-46,48H,1,4-15H2,2-3H3/t17-,18-,19-,20-,21+,22+,23-,24-,25+,26+,27-,28-,29+,30-,31+,32-,34-,35-,36-,37-/m1/s1. The predicted octanol–water partition coefficient (Wildman–Crippen LogP) is -2.44. The van der Waals surface area contributed by atoms with E-state index in [1.807, 2.05) is 6.92 Å². The quantitative estimate of drug-likeness (QED) is 0.0662. The average Bonchev–Trinajstić information content (AvgIpc) is 3.59. The van der Waals surface area contributed by atoms with Crippen LogP contribution in [0.2, 0.25) is 0 Å². The van der Waals surface area contributed by atoms with E-state index >= 15 is 0 Å². The Morgan fingerprint density at radius 1 is 0.852 bits per heavy atom. The molecule has 4 saturated carbocycles. The van der Waals surface area contributed by atoms with Gasteiger partial charge < -0.3 is 79.5 Å². The zero-order valence-corrected chi connectivity index (χ0v) is 30.8. The van der Waals surface area contributed by atoms with Crippen LogP contribution in [0.15, 0.2) is 12.2 Å². The molecule has 54 heavy (non-hydrogen) atoms. The number of carbonyl (C=O) groups excluding carboxylic acids is 1. The van der Waals surface area contributed by atoms with Gasteiger partial charge in [-0.2, -0.15) is 0 Å². The van der Waals surface area contributed by atoms with Crippen molar-refractivity contribution in [2.45, 2.75) is 151 Å². The van der Waals surface area contributed by atoms with Gasteiger partial charge in [0.1, 0.15) is 60.5 Å². The largest absolute Gasteiger partial charge is 0.432 e. The highest BCUT2D eigenvalue weighted by Gasteiger charge is 2.67. The Kier molecular flexibility index (Phi) is 11.2. The lowest BCUT2D eigenvalue weighted by Gasteiger charge is -2.64. The van der Waals surface area contributed by atoms with Crippen LogP contribution in [-0.4, -0.2) is 169 Å². The Hall–Kier alpha value is -1.39. The molecule has 3 saturated heterocycles. The number of fused-ring (bicyclic) bond motifs is 3. The molecule has 7 aliphatic rings. The van der Waals surface area contributed by atoms with Crippen molar-refractivity contribution in [3.05, 3.63) is 12.2 Å². The molecule has 17 heteroatoms. The Balaban J connectivity index is 1.06. The minimum Gasteiger partial charge on any atom is -0.432 e. The van der Waals surface area contributed by atoms with Crippen molar-refractivity contribution in [1.29, 1.82) is 0 Å². The first kappa shape index (κ1) is 40.8. The third-order valence-corrected chi connectivity index (χ3v) is 14.6. The first-order chi connectivity index (χ1) is 25.4. The van der Waals surface area contributed by atoms with Gasteiger partial charge in [0, 0.05) is 5.92 Å². The minimum atomic E-state index is -1.95. The predicted molar refractivity (Wildman–Crippen MR) is 180 cm³/mol. The van der Waals surface area contributed by atoms with Gasteiger partial charge in [0.2, 0.25) is 6.29 Å². The topological polar surface area (TPSA) is 275 Å². The normalized spacial score (nSPS) is 54.6. The summed E-state index contributed by atoms with van der Waals surface area (Å²) in [6.07, 6.45) is -12.9. The van der Waals surface area contributed by atoms with E-state index in [2.05, 4.69) is 13.5 Å². The van der Waals surface area contributed by atoms with E-state index in [-0.39, 0.29) is 28.6 Å². The molecule has 308 valence electrons. The van der Waals surface area contributed by atoms with Gasteiger partial charge in [-0.25, -0.2) is 0 Å². The molecule has 0 aromatic heterocycles. The number of carbonyl (C=O) groups is 1. The highest BCUT2D eigenvalue weighted by molar-refractivity contribution is 5.77. The van der Waals surface area contributed by atoms with Gasteiger partial charge in [0.15, 0.2) is 12.6 Å². The van der Waals surface area contributed by atoms with Crippen LogP contribution in [0.3, 0.4) is 0 Å². The summed E-state index contributed by atoms with van der Waals surface area (Å²) < 4.78 is 34.6. The van der Waals surface area contributed by atoms with E-state index in [0.717, 1.165) is 37.7 Å². The molecule has 20 atom stereocenters. The van der Waals surface area contributed by atoms with E-state index in [1.165, 1.54) is 0 Å². The van der Waals surface area contributed by atoms with Crippen molar-refractivity contribution in [2.75, 3.05) is 26.4 Å². The fraction of sp³-hybridized carbons (Fsp3) is 0.919. The first-order valence-corrected chi connectivity index (χ1v) is 19.2. The van der Waals surface area contributed by atoms with Crippen molar-refractivity contribution >= 4 is 5.97 Å². The molecular formula is C37H58O17. The Bertz CT molecular complexity index is 1400. The molecule has 0 radical (unpaired) electrons. The third-order valence-electron chi connectivity index (χ3n) is 14.6. The molecule has 4 aliphatic carbocycles. The highest BCUT2D eigenvalue weighted by Crippen LogP contribution is 2.72.